The number of fused-ring (bicyclic) bond motifs is 1. The lowest BCUT2D eigenvalue weighted by Crippen LogP contribution is -2.40. The van der Waals surface area contributed by atoms with Gasteiger partial charge in [0.2, 0.25) is 0 Å². The van der Waals surface area contributed by atoms with Gasteiger partial charge >= 0.3 is 0 Å². The third-order valence-corrected chi connectivity index (χ3v) is 4.74. The van der Waals surface area contributed by atoms with Gasteiger partial charge in [0.05, 0.1) is 17.8 Å². The fourth-order valence-corrected chi connectivity index (χ4v) is 3.54. The third kappa shape index (κ3) is 2.23. The summed E-state index contributed by atoms with van der Waals surface area (Å²) in [5.41, 5.74) is 7.00. The van der Waals surface area contributed by atoms with Crippen molar-refractivity contribution in [3.05, 3.63) is 17.3 Å². The maximum absolute atomic E-state index is 12.4. The van der Waals surface area contributed by atoms with Crippen molar-refractivity contribution in [2.45, 2.75) is 31.4 Å². The summed E-state index contributed by atoms with van der Waals surface area (Å²) in [6.45, 7) is 0. The van der Waals surface area contributed by atoms with Crippen LogP contribution in [0.2, 0.25) is 0 Å². The second-order valence-corrected chi connectivity index (χ2v) is 5.84. The lowest BCUT2D eigenvalue weighted by molar-refractivity contribution is 0.0725. The molecule has 0 spiro atoms. The Morgan fingerprint density at radius 1 is 1.45 bits per heavy atom. The lowest BCUT2D eigenvalue weighted by Gasteiger charge is -2.19. The van der Waals surface area contributed by atoms with Gasteiger partial charge in [0.25, 0.3) is 5.91 Å². The number of rotatable bonds is 3. The molecule has 3 rings (SSSR count). The van der Waals surface area contributed by atoms with Gasteiger partial charge in [-0.05, 0) is 19.3 Å². The highest BCUT2D eigenvalue weighted by molar-refractivity contribution is 7.21. The van der Waals surface area contributed by atoms with E-state index >= 15 is 0 Å². The molecule has 3 N–H and O–H groups in total. The fourth-order valence-electron chi connectivity index (χ4n) is 2.62. The summed E-state index contributed by atoms with van der Waals surface area (Å²) in [5.74, 6) is -0.166. The maximum Gasteiger partial charge on any atom is 0.263 e. The van der Waals surface area contributed by atoms with Crippen LogP contribution in [0.1, 0.15) is 28.9 Å². The number of hydrogen-bond donors (Lipinski definition) is 2. The monoisotopic (exact) mass is 292 g/mol. The largest absolute Gasteiger partial charge is 0.396 e. The predicted molar refractivity (Wildman–Crippen MR) is 77.7 cm³/mol. The quantitative estimate of drug-likeness (QED) is 0.896. The van der Waals surface area contributed by atoms with E-state index in [0.29, 0.717) is 20.9 Å². The summed E-state index contributed by atoms with van der Waals surface area (Å²) < 4.78 is 5.38. The number of ether oxygens (including phenoxy) is 1. The van der Waals surface area contributed by atoms with Gasteiger partial charge in [-0.25, -0.2) is 9.97 Å². The highest BCUT2D eigenvalue weighted by Crippen LogP contribution is 2.31. The normalized spacial score (nSPS) is 22.2. The number of carbonyl (C=O) groups excluding carboxylic acids is 1. The highest BCUT2D eigenvalue weighted by atomic mass is 32.1. The summed E-state index contributed by atoms with van der Waals surface area (Å²) in [4.78, 5) is 21.9. The number of hydrogen-bond acceptors (Lipinski definition) is 6. The first-order valence-corrected chi connectivity index (χ1v) is 7.35. The minimum absolute atomic E-state index is 0.0537. The van der Waals surface area contributed by atoms with Gasteiger partial charge in [0, 0.05) is 19.5 Å². The fraction of sp³-hybridized carbons (Fsp3) is 0.462. The van der Waals surface area contributed by atoms with E-state index in [9.17, 15) is 4.79 Å². The number of anilines is 1. The molecule has 2 atom stereocenters. The van der Waals surface area contributed by atoms with Crippen molar-refractivity contribution < 1.29 is 9.53 Å². The number of amides is 1. The van der Waals surface area contributed by atoms with Crippen LogP contribution in [0.15, 0.2) is 12.4 Å². The Bertz CT molecular complexity index is 642. The molecule has 0 aromatic carbocycles. The molecule has 2 aromatic rings. The molecule has 1 aliphatic rings. The number of nitrogens with one attached hydrogen (secondary N) is 1. The molecule has 0 bridgehead atoms. The third-order valence-electron chi connectivity index (χ3n) is 3.64. The number of nitrogens with two attached hydrogens (primary N) is 1. The minimum Gasteiger partial charge on any atom is -0.396 e. The first kappa shape index (κ1) is 13.3. The van der Waals surface area contributed by atoms with Gasteiger partial charge in [-0.3, -0.25) is 4.79 Å². The van der Waals surface area contributed by atoms with Crippen molar-refractivity contribution in [2.24, 2.45) is 0 Å². The van der Waals surface area contributed by atoms with E-state index < -0.39 is 0 Å². The van der Waals surface area contributed by atoms with Crippen molar-refractivity contribution in [2.75, 3.05) is 12.8 Å². The first-order chi connectivity index (χ1) is 9.70. The summed E-state index contributed by atoms with van der Waals surface area (Å²) in [5, 5.41) is 3.01. The van der Waals surface area contributed by atoms with E-state index in [4.69, 9.17) is 10.5 Å². The number of nitrogens with zero attached hydrogens (tertiary/aromatic N) is 2. The molecule has 1 amide bonds. The van der Waals surface area contributed by atoms with Crippen LogP contribution in [0.25, 0.3) is 10.3 Å². The Labute approximate surface area is 120 Å². The van der Waals surface area contributed by atoms with Crippen molar-refractivity contribution in [1.82, 2.24) is 15.3 Å². The standard InChI is InChI=1S/C13H16N4O2S/c1-19-8-4-2-3-7(8)17-12(18)11-9(14)10-13(20-11)16-6-5-15-10/h5-8H,2-4,14H2,1H3,(H,17,18). The molecular formula is C13H16N4O2S. The molecule has 1 aliphatic carbocycles. The van der Waals surface area contributed by atoms with Crippen LogP contribution in [-0.4, -0.2) is 35.1 Å². The van der Waals surface area contributed by atoms with E-state index in [1.807, 2.05) is 0 Å². The Kier molecular flexibility index (Phi) is 3.54. The second kappa shape index (κ2) is 5.34. The molecule has 7 heteroatoms. The van der Waals surface area contributed by atoms with Crippen molar-refractivity contribution in [3.8, 4) is 0 Å². The van der Waals surface area contributed by atoms with Crippen LogP contribution < -0.4 is 11.1 Å². The molecular weight excluding hydrogens is 276 g/mol. The van der Waals surface area contributed by atoms with Crippen LogP contribution in [0, 0.1) is 0 Å². The summed E-state index contributed by atoms with van der Waals surface area (Å²) in [7, 11) is 1.68. The van der Waals surface area contributed by atoms with E-state index in [-0.39, 0.29) is 18.1 Å². The van der Waals surface area contributed by atoms with E-state index in [1.165, 1.54) is 11.3 Å². The molecule has 6 nitrogen and oxygen atoms in total. The summed E-state index contributed by atoms with van der Waals surface area (Å²) >= 11 is 1.27. The van der Waals surface area contributed by atoms with Gasteiger partial charge < -0.3 is 15.8 Å². The molecule has 1 saturated carbocycles. The van der Waals surface area contributed by atoms with Gasteiger partial charge in [-0.15, -0.1) is 11.3 Å². The number of thiophene rings is 1. The zero-order chi connectivity index (χ0) is 14.1. The van der Waals surface area contributed by atoms with E-state index in [2.05, 4.69) is 15.3 Å². The number of carbonyl (C=O) groups is 1. The molecule has 0 radical (unpaired) electrons. The van der Waals surface area contributed by atoms with Gasteiger partial charge in [-0.2, -0.15) is 0 Å². The molecule has 106 valence electrons. The molecule has 0 saturated heterocycles. The molecule has 1 fully saturated rings. The lowest BCUT2D eigenvalue weighted by atomic mass is 10.2. The smallest absolute Gasteiger partial charge is 0.263 e. The Morgan fingerprint density at radius 2 is 2.25 bits per heavy atom. The van der Waals surface area contributed by atoms with Crippen LogP contribution in [0.4, 0.5) is 5.69 Å². The Morgan fingerprint density at radius 3 is 3.00 bits per heavy atom. The van der Waals surface area contributed by atoms with Crippen LogP contribution in [-0.2, 0) is 4.74 Å². The average molecular weight is 292 g/mol. The number of methoxy groups -OCH3 is 1. The van der Waals surface area contributed by atoms with E-state index in [0.717, 1.165) is 19.3 Å². The zero-order valence-electron chi connectivity index (χ0n) is 11.1. The summed E-state index contributed by atoms with van der Waals surface area (Å²) in [6, 6.07) is 0.0537. The molecule has 0 aliphatic heterocycles. The molecule has 2 heterocycles. The van der Waals surface area contributed by atoms with Gasteiger partial charge in [0.15, 0.2) is 0 Å². The van der Waals surface area contributed by atoms with Gasteiger partial charge in [0.1, 0.15) is 15.2 Å². The molecule has 20 heavy (non-hydrogen) atoms. The highest BCUT2D eigenvalue weighted by Gasteiger charge is 2.30. The van der Waals surface area contributed by atoms with Crippen LogP contribution >= 0.6 is 11.3 Å². The predicted octanol–water partition coefficient (Wildman–Crippen LogP) is 1.57. The van der Waals surface area contributed by atoms with Crippen molar-refractivity contribution in [3.63, 3.8) is 0 Å². The second-order valence-electron chi connectivity index (χ2n) is 4.84. The van der Waals surface area contributed by atoms with Crippen LogP contribution in [0.3, 0.4) is 0 Å². The number of nitrogen functional groups attached to an aromatic ring is 1. The minimum atomic E-state index is -0.166. The Balaban J connectivity index is 1.84. The number of aromatic nitrogens is 2. The topological polar surface area (TPSA) is 90.1 Å². The summed E-state index contributed by atoms with van der Waals surface area (Å²) in [6.07, 6.45) is 6.24. The van der Waals surface area contributed by atoms with Gasteiger partial charge in [-0.1, -0.05) is 0 Å². The molecule has 2 aromatic heterocycles. The molecule has 2 unspecified atom stereocenters. The first-order valence-electron chi connectivity index (χ1n) is 6.53. The Hall–Kier alpha value is -1.73. The van der Waals surface area contributed by atoms with E-state index in [1.54, 1.807) is 19.5 Å². The van der Waals surface area contributed by atoms with Crippen molar-refractivity contribution in [1.29, 1.82) is 0 Å². The van der Waals surface area contributed by atoms with Crippen molar-refractivity contribution >= 4 is 33.3 Å². The van der Waals surface area contributed by atoms with Crippen LogP contribution in [0.5, 0.6) is 0 Å². The SMILES string of the molecule is COC1CCCC1NC(=O)c1sc2nccnc2c1N. The maximum atomic E-state index is 12.4. The average Bonchev–Trinajstić information content (AvgIpc) is 3.04. The zero-order valence-corrected chi connectivity index (χ0v) is 11.9.